The molecule has 0 aromatic heterocycles. The van der Waals surface area contributed by atoms with Gasteiger partial charge in [-0.25, -0.2) is 8.42 Å². The van der Waals surface area contributed by atoms with Gasteiger partial charge in [-0.05, 0) is 36.6 Å². The Kier molecular flexibility index (Phi) is 8.85. The van der Waals surface area contributed by atoms with E-state index >= 15 is 0 Å². The van der Waals surface area contributed by atoms with Crippen LogP contribution in [0.15, 0.2) is 42.5 Å². The summed E-state index contributed by atoms with van der Waals surface area (Å²) < 4.78 is 36.9. The molecule has 1 aliphatic rings. The first-order valence-corrected chi connectivity index (χ1v) is 13.5. The number of nitrogens with one attached hydrogen (secondary N) is 1. The summed E-state index contributed by atoms with van der Waals surface area (Å²) in [6.45, 7) is 2.17. The van der Waals surface area contributed by atoms with Gasteiger partial charge in [0.15, 0.2) is 11.5 Å². The zero-order valence-corrected chi connectivity index (χ0v) is 21.6. The Balaban J connectivity index is 1.75. The van der Waals surface area contributed by atoms with Crippen LogP contribution in [0.1, 0.15) is 31.7 Å². The van der Waals surface area contributed by atoms with Gasteiger partial charge in [0.1, 0.15) is 6.04 Å². The van der Waals surface area contributed by atoms with Crippen LogP contribution >= 0.6 is 11.6 Å². The van der Waals surface area contributed by atoms with E-state index in [9.17, 15) is 18.0 Å². The molecule has 0 unspecified atom stereocenters. The van der Waals surface area contributed by atoms with Crippen molar-refractivity contribution in [3.05, 3.63) is 53.1 Å². The zero-order valence-electron chi connectivity index (χ0n) is 20.0. The fraction of sp³-hybridized carbons (Fsp3) is 0.417. The third-order valence-electron chi connectivity index (χ3n) is 5.73. The molecule has 2 aromatic rings. The van der Waals surface area contributed by atoms with Crippen molar-refractivity contribution in [3.63, 3.8) is 0 Å². The highest BCUT2D eigenvalue weighted by Gasteiger charge is 2.29. The number of ether oxygens (including phenoxy) is 2. The lowest BCUT2D eigenvalue weighted by molar-refractivity contribution is -0.141. The summed E-state index contributed by atoms with van der Waals surface area (Å²) in [5, 5.41) is 3.12. The zero-order chi connectivity index (χ0) is 25.6. The van der Waals surface area contributed by atoms with E-state index in [4.69, 9.17) is 21.1 Å². The second-order valence-electron chi connectivity index (χ2n) is 8.13. The quantitative estimate of drug-likeness (QED) is 0.485. The summed E-state index contributed by atoms with van der Waals surface area (Å²) in [5.41, 5.74) is 1.15. The van der Waals surface area contributed by atoms with Crippen molar-refractivity contribution in [2.75, 3.05) is 30.9 Å². The number of amides is 2. The van der Waals surface area contributed by atoms with Crippen LogP contribution in [0.4, 0.5) is 5.69 Å². The maximum atomic E-state index is 13.3. The first kappa shape index (κ1) is 26.6. The molecule has 1 heterocycles. The number of nitrogens with zero attached hydrogens (tertiary/aromatic N) is 2. The fourth-order valence-electron chi connectivity index (χ4n) is 3.94. The van der Waals surface area contributed by atoms with Crippen LogP contribution in [0.2, 0.25) is 5.02 Å². The molecule has 2 amide bonds. The van der Waals surface area contributed by atoms with E-state index in [2.05, 4.69) is 5.32 Å². The Labute approximate surface area is 211 Å². The highest BCUT2D eigenvalue weighted by atomic mass is 35.5. The van der Waals surface area contributed by atoms with Crippen molar-refractivity contribution < 1.29 is 27.5 Å². The molecular formula is C24H30ClN3O6S. The largest absolute Gasteiger partial charge is 0.454 e. The summed E-state index contributed by atoms with van der Waals surface area (Å²) in [7, 11) is -2.09. The van der Waals surface area contributed by atoms with Crippen LogP contribution in [-0.2, 0) is 26.2 Å². The van der Waals surface area contributed by atoms with Gasteiger partial charge in [0.05, 0.1) is 11.9 Å². The lowest BCUT2D eigenvalue weighted by atomic mass is 10.1. The summed E-state index contributed by atoms with van der Waals surface area (Å²) in [6, 6.07) is 11.4. The number of carbonyl (C=O) groups excluding carboxylic acids is 2. The van der Waals surface area contributed by atoms with Gasteiger partial charge in [-0.1, -0.05) is 36.7 Å². The molecule has 3 rings (SSSR count). The van der Waals surface area contributed by atoms with E-state index in [-0.39, 0.29) is 44.5 Å². The van der Waals surface area contributed by atoms with Gasteiger partial charge in [0.2, 0.25) is 28.6 Å². The predicted molar refractivity (Wildman–Crippen MR) is 134 cm³/mol. The first-order valence-electron chi connectivity index (χ1n) is 11.3. The molecule has 1 N–H and O–H groups in total. The Morgan fingerprint density at radius 2 is 1.86 bits per heavy atom. The van der Waals surface area contributed by atoms with Crippen LogP contribution in [0.3, 0.4) is 0 Å². The third-order valence-corrected chi connectivity index (χ3v) is 7.29. The molecule has 0 bridgehead atoms. The number of hydrogen-bond donors (Lipinski definition) is 1. The minimum atomic E-state index is -3.62. The van der Waals surface area contributed by atoms with E-state index in [1.54, 1.807) is 30.3 Å². The van der Waals surface area contributed by atoms with Crippen LogP contribution in [0.5, 0.6) is 11.5 Å². The number of anilines is 1. The summed E-state index contributed by atoms with van der Waals surface area (Å²) in [4.78, 5) is 27.3. The maximum Gasteiger partial charge on any atom is 0.242 e. The molecule has 2 aromatic carbocycles. The molecule has 190 valence electrons. The summed E-state index contributed by atoms with van der Waals surface area (Å²) in [6.07, 6.45) is 1.84. The standard InChI is InChI=1S/C24H30ClN3O6S/c1-4-20(24(30)26-2)27(15-17-8-5-6-9-19(17)25)23(29)10-7-13-28(35(3,31)32)18-11-12-21-22(14-18)34-16-33-21/h5-6,8-9,11-12,14,20H,4,7,10,13,15-16H2,1-3H3,(H,26,30)/t20-/m0/s1. The van der Waals surface area contributed by atoms with Crippen molar-refractivity contribution in [3.8, 4) is 11.5 Å². The average Bonchev–Trinajstić information content (AvgIpc) is 3.29. The molecule has 0 aliphatic carbocycles. The number of halogens is 1. The van der Waals surface area contributed by atoms with Crippen molar-refractivity contribution in [1.29, 1.82) is 0 Å². The van der Waals surface area contributed by atoms with Gasteiger partial charge in [0.25, 0.3) is 0 Å². The average molecular weight is 524 g/mol. The Morgan fingerprint density at radius 3 is 2.51 bits per heavy atom. The van der Waals surface area contributed by atoms with Crippen LogP contribution in [0, 0.1) is 0 Å². The van der Waals surface area contributed by atoms with Gasteiger partial charge in [-0.15, -0.1) is 0 Å². The van der Waals surface area contributed by atoms with Crippen LogP contribution in [0.25, 0.3) is 0 Å². The third kappa shape index (κ3) is 6.58. The number of fused-ring (bicyclic) bond motifs is 1. The summed E-state index contributed by atoms with van der Waals surface area (Å²) in [5.74, 6) is 0.479. The van der Waals surface area contributed by atoms with E-state index < -0.39 is 16.1 Å². The normalized spacial score (nSPS) is 13.3. The molecule has 0 radical (unpaired) electrons. The van der Waals surface area contributed by atoms with Gasteiger partial charge in [0, 0.05) is 37.6 Å². The van der Waals surface area contributed by atoms with Gasteiger partial charge < -0.3 is 19.7 Å². The van der Waals surface area contributed by atoms with Crippen molar-refractivity contribution in [1.82, 2.24) is 10.2 Å². The number of sulfonamides is 1. The molecule has 1 atom stereocenters. The van der Waals surface area contributed by atoms with E-state index in [1.165, 1.54) is 16.3 Å². The number of hydrogen-bond acceptors (Lipinski definition) is 6. The molecule has 11 heteroatoms. The molecule has 35 heavy (non-hydrogen) atoms. The smallest absolute Gasteiger partial charge is 0.242 e. The summed E-state index contributed by atoms with van der Waals surface area (Å²) >= 11 is 6.31. The maximum absolute atomic E-state index is 13.3. The number of carbonyl (C=O) groups is 2. The SMILES string of the molecule is CC[C@@H](C(=O)NC)N(Cc1ccccc1Cl)C(=O)CCCN(c1ccc2c(c1)OCO2)S(C)(=O)=O. The van der Waals surface area contributed by atoms with Crippen molar-refractivity contribution in [2.24, 2.45) is 0 Å². The lowest BCUT2D eigenvalue weighted by Gasteiger charge is -2.31. The van der Waals surface area contributed by atoms with Crippen LogP contribution in [-0.4, -0.2) is 57.8 Å². The highest BCUT2D eigenvalue weighted by Crippen LogP contribution is 2.36. The Hall–Kier alpha value is -2.98. The molecule has 0 saturated heterocycles. The van der Waals surface area contributed by atoms with Crippen molar-refractivity contribution >= 4 is 39.1 Å². The van der Waals surface area contributed by atoms with E-state index in [0.29, 0.717) is 28.6 Å². The molecular weight excluding hydrogens is 494 g/mol. The van der Waals surface area contributed by atoms with Gasteiger partial charge in [-0.2, -0.15) is 0 Å². The predicted octanol–water partition coefficient (Wildman–Crippen LogP) is 3.17. The first-order chi connectivity index (χ1) is 16.7. The topological polar surface area (TPSA) is 105 Å². The highest BCUT2D eigenvalue weighted by molar-refractivity contribution is 7.92. The van der Waals surface area contributed by atoms with Gasteiger partial charge >= 0.3 is 0 Å². The molecule has 9 nitrogen and oxygen atoms in total. The van der Waals surface area contributed by atoms with Crippen LogP contribution < -0.4 is 19.1 Å². The van der Waals surface area contributed by atoms with E-state index in [1.807, 2.05) is 19.1 Å². The molecule has 0 spiro atoms. The lowest BCUT2D eigenvalue weighted by Crippen LogP contribution is -2.48. The molecule has 0 fully saturated rings. The number of likely N-dealkylation sites (N-methyl/N-ethyl adjacent to an activating group) is 1. The number of benzene rings is 2. The van der Waals surface area contributed by atoms with Crippen molar-refractivity contribution in [2.45, 2.75) is 38.8 Å². The van der Waals surface area contributed by atoms with Gasteiger partial charge in [-0.3, -0.25) is 13.9 Å². The second-order valence-corrected chi connectivity index (χ2v) is 10.4. The Bertz CT molecular complexity index is 1170. The minimum Gasteiger partial charge on any atom is -0.454 e. The number of rotatable bonds is 11. The monoisotopic (exact) mass is 523 g/mol. The van der Waals surface area contributed by atoms with E-state index in [0.717, 1.165) is 11.8 Å². The minimum absolute atomic E-state index is 0.0501. The Morgan fingerprint density at radius 1 is 1.14 bits per heavy atom. The molecule has 0 saturated carbocycles. The second kappa shape index (κ2) is 11.6. The fourth-order valence-corrected chi connectivity index (χ4v) is 5.09. The molecule has 1 aliphatic heterocycles.